The van der Waals surface area contributed by atoms with Crippen molar-refractivity contribution in [2.45, 2.75) is 12.5 Å². The Morgan fingerprint density at radius 3 is 2.85 bits per heavy atom. The fourth-order valence-electron chi connectivity index (χ4n) is 1.08. The molecule has 5 nitrogen and oxygen atoms in total. The predicted octanol–water partition coefficient (Wildman–Crippen LogP) is -0.316. The number of amides is 3. The summed E-state index contributed by atoms with van der Waals surface area (Å²) >= 11 is 3.10. The van der Waals surface area contributed by atoms with Crippen molar-refractivity contribution in [1.82, 2.24) is 10.2 Å². The number of halogens is 1. The average Bonchev–Trinajstić information content (AvgIpc) is 2.09. The van der Waals surface area contributed by atoms with Gasteiger partial charge < -0.3 is 10.0 Å². The quantitative estimate of drug-likeness (QED) is 0.675. The van der Waals surface area contributed by atoms with Crippen molar-refractivity contribution >= 4 is 27.9 Å². The molecule has 1 saturated heterocycles. The van der Waals surface area contributed by atoms with Gasteiger partial charge in [-0.05, 0) is 0 Å². The second kappa shape index (κ2) is 4.57. The van der Waals surface area contributed by atoms with Gasteiger partial charge in [0.05, 0.1) is 6.10 Å². The van der Waals surface area contributed by atoms with Crippen LogP contribution in [0.4, 0.5) is 4.79 Å². The van der Waals surface area contributed by atoms with Crippen LogP contribution >= 0.6 is 15.9 Å². The topological polar surface area (TPSA) is 69.6 Å². The molecule has 1 unspecified atom stereocenters. The summed E-state index contributed by atoms with van der Waals surface area (Å²) in [7, 11) is 0. The molecule has 13 heavy (non-hydrogen) atoms. The Hall–Kier alpha value is -0.620. The first-order chi connectivity index (χ1) is 6.13. The van der Waals surface area contributed by atoms with Crippen LogP contribution in [0, 0.1) is 0 Å². The van der Waals surface area contributed by atoms with Crippen molar-refractivity contribution in [3.05, 3.63) is 0 Å². The van der Waals surface area contributed by atoms with E-state index >= 15 is 0 Å². The fourth-order valence-corrected chi connectivity index (χ4v) is 1.28. The molecule has 0 saturated carbocycles. The second-order valence-corrected chi connectivity index (χ2v) is 3.50. The first-order valence-electron chi connectivity index (χ1n) is 3.96. The second-order valence-electron chi connectivity index (χ2n) is 2.86. The van der Waals surface area contributed by atoms with Gasteiger partial charge in [-0.2, -0.15) is 0 Å². The number of carbonyl (C=O) groups is 2. The lowest BCUT2D eigenvalue weighted by molar-refractivity contribution is -0.121. The molecule has 1 rings (SSSR count). The summed E-state index contributed by atoms with van der Waals surface area (Å²) in [5.74, 6) is -0.255. The zero-order chi connectivity index (χ0) is 9.84. The summed E-state index contributed by atoms with van der Waals surface area (Å²) < 4.78 is 0. The van der Waals surface area contributed by atoms with Gasteiger partial charge >= 0.3 is 6.03 Å². The van der Waals surface area contributed by atoms with Gasteiger partial charge in [0.2, 0.25) is 5.91 Å². The number of hydrogen-bond donors (Lipinski definition) is 2. The minimum atomic E-state index is -0.584. The minimum absolute atomic E-state index is 0.254. The third-order valence-electron chi connectivity index (χ3n) is 1.75. The lowest BCUT2D eigenvalue weighted by atomic mass is 10.3. The van der Waals surface area contributed by atoms with E-state index in [2.05, 4.69) is 21.2 Å². The first kappa shape index (κ1) is 10.5. The molecule has 3 amide bonds. The number of β-amino-alcohol motifs (C(OH)–C–C–N with tert-alkyl or cyclic N) is 1. The number of urea groups is 1. The van der Waals surface area contributed by atoms with Crippen molar-refractivity contribution in [2.75, 3.05) is 18.4 Å². The fraction of sp³-hybridized carbons (Fsp3) is 0.714. The zero-order valence-corrected chi connectivity index (χ0v) is 8.58. The molecule has 0 aliphatic carbocycles. The maximum Gasteiger partial charge on any atom is 0.324 e. The first-order valence-corrected chi connectivity index (χ1v) is 5.08. The van der Waals surface area contributed by atoms with Crippen LogP contribution in [0.15, 0.2) is 0 Å². The number of hydrogen-bond acceptors (Lipinski definition) is 3. The molecule has 1 fully saturated rings. The molecule has 1 aliphatic heterocycles. The normalized spacial score (nSPS) is 20.0. The lowest BCUT2D eigenvalue weighted by Crippen LogP contribution is -2.51. The van der Waals surface area contributed by atoms with E-state index in [0.29, 0.717) is 18.3 Å². The standard InChI is InChI=1S/C7H11BrN2O3/c8-3-5(11)4-10-2-1-6(12)9-7(10)13/h5,11H,1-4H2,(H,9,12,13). The molecule has 0 spiro atoms. The number of aliphatic hydroxyl groups is 1. The van der Waals surface area contributed by atoms with Crippen LogP contribution in [0.5, 0.6) is 0 Å². The molecular formula is C7H11BrN2O3. The highest BCUT2D eigenvalue weighted by molar-refractivity contribution is 9.09. The van der Waals surface area contributed by atoms with Gasteiger partial charge in [0, 0.05) is 24.8 Å². The number of carbonyl (C=O) groups excluding carboxylic acids is 2. The maximum atomic E-state index is 11.1. The Morgan fingerprint density at radius 2 is 2.31 bits per heavy atom. The number of nitrogens with one attached hydrogen (secondary N) is 1. The Morgan fingerprint density at radius 1 is 1.62 bits per heavy atom. The molecule has 2 N–H and O–H groups in total. The van der Waals surface area contributed by atoms with Gasteiger partial charge in [-0.3, -0.25) is 10.1 Å². The van der Waals surface area contributed by atoms with Crippen molar-refractivity contribution in [3.63, 3.8) is 0 Å². The van der Waals surface area contributed by atoms with Crippen LogP contribution in [0.3, 0.4) is 0 Å². The van der Waals surface area contributed by atoms with Crippen LogP contribution in [-0.4, -0.2) is 46.5 Å². The Labute approximate surface area is 84.2 Å². The third kappa shape index (κ3) is 2.96. The summed E-state index contributed by atoms with van der Waals surface area (Å²) in [6.45, 7) is 0.638. The smallest absolute Gasteiger partial charge is 0.324 e. The highest BCUT2D eigenvalue weighted by Gasteiger charge is 2.24. The largest absolute Gasteiger partial charge is 0.390 e. The summed E-state index contributed by atoms with van der Waals surface area (Å²) in [5, 5.41) is 11.8. The van der Waals surface area contributed by atoms with E-state index in [9.17, 15) is 14.7 Å². The van der Waals surface area contributed by atoms with Gasteiger partial charge in [0.1, 0.15) is 0 Å². The van der Waals surface area contributed by atoms with Crippen LogP contribution in [0.1, 0.15) is 6.42 Å². The van der Waals surface area contributed by atoms with Crippen molar-refractivity contribution in [3.8, 4) is 0 Å². The van der Waals surface area contributed by atoms with Crippen molar-refractivity contribution in [2.24, 2.45) is 0 Å². The summed E-state index contributed by atoms with van der Waals surface area (Å²) in [5.41, 5.74) is 0. The van der Waals surface area contributed by atoms with E-state index < -0.39 is 12.1 Å². The van der Waals surface area contributed by atoms with Crippen LogP contribution in [0.25, 0.3) is 0 Å². The number of alkyl halides is 1. The molecule has 1 aliphatic rings. The zero-order valence-electron chi connectivity index (χ0n) is 6.99. The molecule has 0 bridgehead atoms. The highest BCUT2D eigenvalue weighted by atomic mass is 79.9. The molecule has 1 atom stereocenters. The number of nitrogens with zero attached hydrogens (tertiary/aromatic N) is 1. The SMILES string of the molecule is O=C1CCN(CC(O)CBr)C(=O)N1. The van der Waals surface area contributed by atoms with Crippen LogP contribution in [-0.2, 0) is 4.79 Å². The Balaban J connectivity index is 2.42. The average molecular weight is 251 g/mol. The van der Waals surface area contributed by atoms with Crippen LogP contribution < -0.4 is 5.32 Å². The maximum absolute atomic E-state index is 11.1. The van der Waals surface area contributed by atoms with E-state index in [4.69, 9.17) is 0 Å². The van der Waals surface area contributed by atoms with E-state index in [1.165, 1.54) is 4.90 Å². The number of imide groups is 1. The van der Waals surface area contributed by atoms with Crippen molar-refractivity contribution in [1.29, 1.82) is 0 Å². The molecule has 0 aromatic heterocycles. The summed E-state index contributed by atoms with van der Waals surface area (Å²) in [6.07, 6.45) is -0.278. The van der Waals surface area contributed by atoms with E-state index in [-0.39, 0.29) is 12.5 Å². The monoisotopic (exact) mass is 250 g/mol. The molecule has 6 heteroatoms. The summed E-state index contributed by atoms with van der Waals surface area (Å²) in [6, 6.07) is -0.420. The van der Waals surface area contributed by atoms with E-state index in [1.807, 2.05) is 0 Å². The number of aliphatic hydroxyl groups excluding tert-OH is 1. The Kier molecular flexibility index (Phi) is 3.68. The Bertz CT molecular complexity index is 222. The van der Waals surface area contributed by atoms with Gasteiger partial charge in [-0.25, -0.2) is 4.79 Å². The van der Waals surface area contributed by atoms with Crippen molar-refractivity contribution < 1.29 is 14.7 Å². The van der Waals surface area contributed by atoms with E-state index in [0.717, 1.165) is 0 Å². The molecule has 74 valence electrons. The van der Waals surface area contributed by atoms with Gasteiger partial charge in [0.15, 0.2) is 0 Å². The molecule has 0 aromatic carbocycles. The van der Waals surface area contributed by atoms with Gasteiger partial charge in [-0.1, -0.05) is 15.9 Å². The number of rotatable bonds is 3. The van der Waals surface area contributed by atoms with Crippen LogP contribution in [0.2, 0.25) is 0 Å². The highest BCUT2D eigenvalue weighted by Crippen LogP contribution is 2.02. The molecular weight excluding hydrogens is 240 g/mol. The van der Waals surface area contributed by atoms with E-state index in [1.54, 1.807) is 0 Å². The van der Waals surface area contributed by atoms with Gasteiger partial charge in [0.25, 0.3) is 0 Å². The minimum Gasteiger partial charge on any atom is -0.390 e. The van der Waals surface area contributed by atoms with Gasteiger partial charge in [-0.15, -0.1) is 0 Å². The molecule has 0 aromatic rings. The molecule has 0 radical (unpaired) electrons. The predicted molar refractivity (Wildman–Crippen MR) is 49.5 cm³/mol. The lowest BCUT2D eigenvalue weighted by Gasteiger charge is -2.27. The third-order valence-corrected chi connectivity index (χ3v) is 2.50. The molecule has 1 heterocycles. The summed E-state index contributed by atoms with van der Waals surface area (Å²) in [4.78, 5) is 23.3.